The van der Waals surface area contributed by atoms with Crippen LogP contribution in [0.2, 0.25) is 0 Å². The van der Waals surface area contributed by atoms with E-state index in [-0.39, 0.29) is 12.3 Å². The number of hydrogen-bond acceptors (Lipinski definition) is 4. The number of nitrogens with zero attached hydrogens (tertiary/aromatic N) is 2. The van der Waals surface area contributed by atoms with Gasteiger partial charge in [0.2, 0.25) is 0 Å². The van der Waals surface area contributed by atoms with Crippen LogP contribution in [0.3, 0.4) is 0 Å². The molecule has 5 heteroatoms. The van der Waals surface area contributed by atoms with Crippen molar-refractivity contribution in [2.75, 3.05) is 19.8 Å². The lowest BCUT2D eigenvalue weighted by atomic mass is 10.1. The summed E-state index contributed by atoms with van der Waals surface area (Å²) in [5.74, 6) is 0. The van der Waals surface area contributed by atoms with Crippen LogP contribution in [-0.4, -0.2) is 41.9 Å². The summed E-state index contributed by atoms with van der Waals surface area (Å²) in [5.41, 5.74) is 1.21. The lowest BCUT2D eigenvalue weighted by molar-refractivity contribution is -0.153. The normalized spacial score (nSPS) is 13.1. The third kappa shape index (κ3) is 5.61. The number of nitrogens with one attached hydrogen (secondary N) is 1. The Morgan fingerprint density at radius 3 is 2.40 bits per heavy atom. The number of rotatable bonds is 11. The average Bonchev–Trinajstić information content (AvgIpc) is 2.91. The molecule has 1 rings (SSSR count). The Hall–Kier alpha value is -0.910. The summed E-state index contributed by atoms with van der Waals surface area (Å²) in [6.07, 6.45) is 5.77. The van der Waals surface area contributed by atoms with Crippen LogP contribution in [0.5, 0.6) is 0 Å². The molecule has 0 aliphatic rings. The standard InChI is InChI=1S/C15H29N3O2/c1-5-9-16-14(15(19-7-3)20-8-4)10-13-11-17-18(6-2)12-13/h11-12,14-16H,5-10H2,1-4H3. The van der Waals surface area contributed by atoms with Gasteiger partial charge >= 0.3 is 0 Å². The first-order chi connectivity index (χ1) is 9.74. The van der Waals surface area contributed by atoms with Gasteiger partial charge in [-0.15, -0.1) is 0 Å². The van der Waals surface area contributed by atoms with Crippen molar-refractivity contribution in [3.05, 3.63) is 18.0 Å². The summed E-state index contributed by atoms with van der Waals surface area (Å²) >= 11 is 0. The molecule has 0 amide bonds. The van der Waals surface area contributed by atoms with Gasteiger partial charge < -0.3 is 14.8 Å². The smallest absolute Gasteiger partial charge is 0.172 e. The van der Waals surface area contributed by atoms with Gasteiger partial charge in [0.25, 0.3) is 0 Å². The van der Waals surface area contributed by atoms with Crippen molar-refractivity contribution in [1.82, 2.24) is 15.1 Å². The molecule has 1 heterocycles. The van der Waals surface area contributed by atoms with E-state index in [9.17, 15) is 0 Å². The fourth-order valence-electron chi connectivity index (χ4n) is 2.14. The third-order valence-corrected chi connectivity index (χ3v) is 3.11. The third-order valence-electron chi connectivity index (χ3n) is 3.11. The zero-order valence-electron chi connectivity index (χ0n) is 13.3. The molecule has 0 bridgehead atoms. The fourth-order valence-corrected chi connectivity index (χ4v) is 2.14. The Morgan fingerprint density at radius 2 is 1.90 bits per heavy atom. The summed E-state index contributed by atoms with van der Waals surface area (Å²) in [6.45, 7) is 11.4. The van der Waals surface area contributed by atoms with Gasteiger partial charge in [-0.3, -0.25) is 4.68 Å². The van der Waals surface area contributed by atoms with Crippen LogP contribution < -0.4 is 5.32 Å². The molecule has 1 aromatic heterocycles. The van der Waals surface area contributed by atoms with Crippen molar-refractivity contribution in [3.63, 3.8) is 0 Å². The van der Waals surface area contributed by atoms with Crippen molar-refractivity contribution >= 4 is 0 Å². The molecule has 0 aliphatic carbocycles. The average molecular weight is 283 g/mol. The van der Waals surface area contributed by atoms with Crippen molar-refractivity contribution in [1.29, 1.82) is 0 Å². The van der Waals surface area contributed by atoms with Crippen molar-refractivity contribution < 1.29 is 9.47 Å². The molecule has 0 aromatic carbocycles. The second kappa shape index (κ2) is 9.91. The van der Waals surface area contributed by atoms with Gasteiger partial charge in [-0.2, -0.15) is 5.10 Å². The zero-order valence-corrected chi connectivity index (χ0v) is 13.3. The molecule has 0 saturated heterocycles. The lowest BCUT2D eigenvalue weighted by Gasteiger charge is -2.27. The summed E-state index contributed by atoms with van der Waals surface area (Å²) < 4.78 is 13.4. The molecule has 5 nitrogen and oxygen atoms in total. The maximum Gasteiger partial charge on any atom is 0.172 e. The topological polar surface area (TPSA) is 48.3 Å². The molecular weight excluding hydrogens is 254 g/mol. The van der Waals surface area contributed by atoms with Crippen molar-refractivity contribution in [2.24, 2.45) is 0 Å². The number of aryl methyl sites for hydroxylation is 1. The first kappa shape index (κ1) is 17.1. The monoisotopic (exact) mass is 283 g/mol. The maximum atomic E-state index is 5.73. The van der Waals surface area contributed by atoms with Gasteiger partial charge in [-0.25, -0.2) is 0 Å². The van der Waals surface area contributed by atoms with Gasteiger partial charge in [-0.1, -0.05) is 6.92 Å². The summed E-state index contributed by atoms with van der Waals surface area (Å²) in [5, 5.41) is 7.85. The Morgan fingerprint density at radius 1 is 1.20 bits per heavy atom. The number of hydrogen-bond donors (Lipinski definition) is 1. The molecule has 0 spiro atoms. The predicted molar refractivity (Wildman–Crippen MR) is 80.7 cm³/mol. The van der Waals surface area contributed by atoms with Crippen LogP contribution in [0.1, 0.15) is 39.7 Å². The Bertz CT molecular complexity index is 349. The quantitative estimate of drug-likeness (QED) is 0.633. The number of aromatic nitrogens is 2. The minimum atomic E-state index is -0.207. The first-order valence-corrected chi connectivity index (χ1v) is 7.72. The Balaban J connectivity index is 2.69. The molecule has 1 unspecified atom stereocenters. The lowest BCUT2D eigenvalue weighted by Crippen LogP contribution is -2.45. The molecule has 116 valence electrons. The molecule has 20 heavy (non-hydrogen) atoms. The minimum absolute atomic E-state index is 0.157. The van der Waals surface area contributed by atoms with Gasteiger partial charge in [0.05, 0.1) is 12.2 Å². The van der Waals surface area contributed by atoms with E-state index >= 15 is 0 Å². The van der Waals surface area contributed by atoms with Gasteiger partial charge in [0, 0.05) is 26.0 Å². The molecule has 0 saturated carbocycles. The first-order valence-electron chi connectivity index (χ1n) is 7.72. The van der Waals surface area contributed by atoms with Crippen LogP contribution in [0, 0.1) is 0 Å². The predicted octanol–water partition coefficient (Wildman–Crippen LogP) is 2.21. The van der Waals surface area contributed by atoms with Gasteiger partial charge in [0.15, 0.2) is 6.29 Å². The van der Waals surface area contributed by atoms with E-state index in [0.29, 0.717) is 13.2 Å². The number of ether oxygens (including phenoxy) is 2. The maximum absolute atomic E-state index is 5.73. The van der Waals surface area contributed by atoms with Crippen LogP contribution in [0.25, 0.3) is 0 Å². The second-order valence-corrected chi connectivity index (χ2v) is 4.75. The van der Waals surface area contributed by atoms with Crippen LogP contribution in [-0.2, 0) is 22.4 Å². The molecule has 1 N–H and O–H groups in total. The summed E-state index contributed by atoms with van der Waals surface area (Å²) in [7, 11) is 0. The molecule has 0 aliphatic heterocycles. The van der Waals surface area contributed by atoms with E-state index in [4.69, 9.17) is 9.47 Å². The molecule has 0 radical (unpaired) electrons. The van der Waals surface area contributed by atoms with E-state index in [2.05, 4.69) is 30.5 Å². The van der Waals surface area contributed by atoms with Gasteiger partial charge in [0.1, 0.15) is 0 Å². The van der Waals surface area contributed by atoms with E-state index < -0.39 is 0 Å². The van der Waals surface area contributed by atoms with Crippen LogP contribution in [0.4, 0.5) is 0 Å². The minimum Gasteiger partial charge on any atom is -0.351 e. The van der Waals surface area contributed by atoms with E-state index in [1.807, 2.05) is 24.7 Å². The molecular formula is C15H29N3O2. The van der Waals surface area contributed by atoms with Crippen molar-refractivity contribution in [2.45, 2.75) is 59.4 Å². The molecule has 1 atom stereocenters. The molecule has 1 aromatic rings. The highest BCUT2D eigenvalue weighted by Crippen LogP contribution is 2.10. The van der Waals surface area contributed by atoms with Crippen molar-refractivity contribution in [3.8, 4) is 0 Å². The summed E-state index contributed by atoms with van der Waals surface area (Å²) in [6, 6.07) is 0.157. The SMILES string of the molecule is CCCNC(Cc1cnn(CC)c1)C(OCC)OCC. The highest BCUT2D eigenvalue weighted by atomic mass is 16.7. The highest BCUT2D eigenvalue weighted by molar-refractivity contribution is 5.06. The Labute approximate surface area is 122 Å². The highest BCUT2D eigenvalue weighted by Gasteiger charge is 2.22. The van der Waals surface area contributed by atoms with Gasteiger partial charge in [-0.05, 0) is 45.7 Å². The van der Waals surface area contributed by atoms with E-state index in [1.54, 1.807) is 0 Å². The second-order valence-electron chi connectivity index (χ2n) is 4.75. The van der Waals surface area contributed by atoms with E-state index in [1.165, 1.54) is 5.56 Å². The van der Waals surface area contributed by atoms with Crippen LogP contribution >= 0.6 is 0 Å². The zero-order chi connectivity index (χ0) is 14.8. The van der Waals surface area contributed by atoms with Crippen LogP contribution in [0.15, 0.2) is 12.4 Å². The largest absolute Gasteiger partial charge is 0.351 e. The fraction of sp³-hybridized carbons (Fsp3) is 0.800. The van der Waals surface area contributed by atoms with E-state index in [0.717, 1.165) is 25.9 Å². The Kier molecular flexibility index (Phi) is 8.49. The summed E-state index contributed by atoms with van der Waals surface area (Å²) in [4.78, 5) is 0. The molecule has 0 fully saturated rings.